The minimum atomic E-state index is -0.594. The third-order valence-corrected chi connectivity index (χ3v) is 3.04. The first-order chi connectivity index (χ1) is 7.02. The Hall–Kier alpha value is 0.320. The van der Waals surface area contributed by atoms with Gasteiger partial charge in [-0.2, -0.15) is 0 Å². The van der Waals surface area contributed by atoms with Crippen LogP contribution < -0.4 is 17.0 Å². The van der Waals surface area contributed by atoms with Crippen molar-refractivity contribution in [2.75, 3.05) is 20.2 Å². The Bertz CT molecular complexity index is 157. The van der Waals surface area contributed by atoms with Crippen LogP contribution >= 0.6 is 0 Å². The first kappa shape index (κ1) is 18.7. The summed E-state index contributed by atoms with van der Waals surface area (Å²) in [5.41, 5.74) is 0. The maximum absolute atomic E-state index is 10.00. The van der Waals surface area contributed by atoms with Gasteiger partial charge in [-0.1, -0.05) is 13.8 Å². The molecule has 0 bridgehead atoms. The summed E-state index contributed by atoms with van der Waals surface area (Å²) in [7, 11) is 1.80. The monoisotopic (exact) mass is 299 g/mol. The molecular formula is C11H26BrNO3. The van der Waals surface area contributed by atoms with Crippen LogP contribution in [0.5, 0.6) is 0 Å². The van der Waals surface area contributed by atoms with Crippen molar-refractivity contribution >= 4 is 0 Å². The van der Waals surface area contributed by atoms with Crippen molar-refractivity contribution in [3.63, 3.8) is 0 Å². The van der Waals surface area contributed by atoms with Crippen LogP contribution in [-0.2, 0) is 0 Å². The summed E-state index contributed by atoms with van der Waals surface area (Å²) in [6.07, 6.45) is 1.86. The average Bonchev–Trinajstić information content (AvgIpc) is 2.18. The van der Waals surface area contributed by atoms with E-state index in [1.807, 2.05) is 13.8 Å². The molecule has 0 spiro atoms. The summed E-state index contributed by atoms with van der Waals surface area (Å²) in [5, 5.41) is 29.0. The van der Waals surface area contributed by atoms with E-state index in [0.29, 0.717) is 19.4 Å². The highest BCUT2D eigenvalue weighted by Crippen LogP contribution is 2.19. The summed E-state index contributed by atoms with van der Waals surface area (Å²) >= 11 is 0. The molecule has 5 heteroatoms. The predicted octanol–water partition coefficient (Wildman–Crippen LogP) is -2.33. The Kier molecular flexibility index (Phi) is 10.9. The standard InChI is InChI=1S/C11H26NO3.BrH/c1-4-6-10(14)12(3,8-9-13)11(15)7-5-2;/h10-11,13-15H,4-9H2,1-3H3;1H/q+1;/p-1. The SMILES string of the molecule is CCCC(O)[N+](C)(CCO)C(O)CCC.[Br-]. The topological polar surface area (TPSA) is 60.7 Å². The van der Waals surface area contributed by atoms with Gasteiger partial charge in [0.1, 0.15) is 6.54 Å². The molecule has 0 saturated carbocycles. The van der Waals surface area contributed by atoms with Crippen LogP contribution in [0.1, 0.15) is 39.5 Å². The highest BCUT2D eigenvalue weighted by molar-refractivity contribution is 4.50. The number of hydrogen-bond donors (Lipinski definition) is 3. The lowest BCUT2D eigenvalue weighted by atomic mass is 10.1. The average molecular weight is 300 g/mol. The maximum Gasteiger partial charge on any atom is 0.192 e. The first-order valence-electron chi connectivity index (χ1n) is 5.84. The van der Waals surface area contributed by atoms with Gasteiger partial charge in [0.15, 0.2) is 12.5 Å². The minimum Gasteiger partial charge on any atom is -1.00 e. The normalized spacial score (nSPS) is 18.4. The van der Waals surface area contributed by atoms with E-state index in [4.69, 9.17) is 5.11 Å². The lowest BCUT2D eigenvalue weighted by molar-refractivity contribution is -0.995. The van der Waals surface area contributed by atoms with Crippen molar-refractivity contribution in [2.24, 2.45) is 0 Å². The molecule has 0 aliphatic rings. The molecule has 0 heterocycles. The lowest BCUT2D eigenvalue weighted by Crippen LogP contribution is -3.00. The molecule has 0 aromatic carbocycles. The molecule has 0 rings (SSSR count). The highest BCUT2D eigenvalue weighted by Gasteiger charge is 2.36. The van der Waals surface area contributed by atoms with E-state index in [1.165, 1.54) is 0 Å². The van der Waals surface area contributed by atoms with E-state index in [-0.39, 0.29) is 28.1 Å². The van der Waals surface area contributed by atoms with Gasteiger partial charge in [0.05, 0.1) is 13.7 Å². The van der Waals surface area contributed by atoms with Crippen molar-refractivity contribution in [3.8, 4) is 0 Å². The molecule has 0 aromatic rings. The van der Waals surface area contributed by atoms with Gasteiger partial charge in [-0.05, 0) is 12.8 Å². The number of hydrogen-bond acceptors (Lipinski definition) is 3. The first-order valence-corrected chi connectivity index (χ1v) is 5.84. The lowest BCUT2D eigenvalue weighted by Gasteiger charge is -2.41. The van der Waals surface area contributed by atoms with E-state index in [2.05, 4.69) is 0 Å². The maximum atomic E-state index is 10.00. The van der Waals surface area contributed by atoms with Gasteiger partial charge in [0.25, 0.3) is 0 Å². The molecule has 2 unspecified atom stereocenters. The number of likely N-dealkylation sites (N-methyl/N-ethyl adjacent to an activating group) is 1. The minimum absolute atomic E-state index is 0. The molecule has 0 saturated heterocycles. The van der Waals surface area contributed by atoms with E-state index in [9.17, 15) is 10.2 Å². The smallest absolute Gasteiger partial charge is 0.192 e. The van der Waals surface area contributed by atoms with E-state index < -0.39 is 12.5 Å². The third kappa shape index (κ3) is 5.10. The van der Waals surface area contributed by atoms with Crippen molar-refractivity contribution in [3.05, 3.63) is 0 Å². The van der Waals surface area contributed by atoms with Crippen molar-refractivity contribution in [2.45, 2.75) is 52.0 Å². The van der Waals surface area contributed by atoms with Gasteiger partial charge in [0, 0.05) is 12.8 Å². The number of nitrogens with zero attached hydrogens (tertiary/aromatic N) is 1. The van der Waals surface area contributed by atoms with E-state index in [1.54, 1.807) is 7.05 Å². The second-order valence-corrected chi connectivity index (χ2v) is 4.33. The van der Waals surface area contributed by atoms with Crippen molar-refractivity contribution < 1.29 is 36.8 Å². The zero-order valence-corrected chi connectivity index (χ0v) is 12.2. The molecule has 0 radical (unpaired) electrons. The van der Waals surface area contributed by atoms with Crippen LogP contribution in [0.2, 0.25) is 0 Å². The van der Waals surface area contributed by atoms with Gasteiger partial charge in [-0.3, -0.25) is 4.48 Å². The number of aliphatic hydroxyl groups excluding tert-OH is 3. The molecule has 3 N–H and O–H groups in total. The largest absolute Gasteiger partial charge is 1.00 e. The molecule has 4 nitrogen and oxygen atoms in total. The van der Waals surface area contributed by atoms with E-state index in [0.717, 1.165) is 12.8 Å². The van der Waals surface area contributed by atoms with Crippen LogP contribution in [0.15, 0.2) is 0 Å². The quantitative estimate of drug-likeness (QED) is 0.348. The van der Waals surface area contributed by atoms with Gasteiger partial charge < -0.3 is 32.3 Å². The second kappa shape index (κ2) is 9.36. The fourth-order valence-corrected chi connectivity index (χ4v) is 1.82. The summed E-state index contributed by atoms with van der Waals surface area (Å²) in [5.74, 6) is 0. The number of halogens is 1. The van der Waals surface area contributed by atoms with Gasteiger partial charge in [-0.15, -0.1) is 0 Å². The summed E-state index contributed by atoms with van der Waals surface area (Å²) < 4.78 is 0.137. The molecule has 0 fully saturated rings. The summed E-state index contributed by atoms with van der Waals surface area (Å²) in [4.78, 5) is 0. The van der Waals surface area contributed by atoms with Crippen molar-refractivity contribution in [1.29, 1.82) is 0 Å². The number of aliphatic hydroxyl groups is 3. The van der Waals surface area contributed by atoms with Crippen LogP contribution in [0.4, 0.5) is 0 Å². The van der Waals surface area contributed by atoms with Crippen LogP contribution in [0.3, 0.4) is 0 Å². The number of quaternary nitrogens is 1. The molecule has 100 valence electrons. The summed E-state index contributed by atoms with van der Waals surface area (Å²) in [6, 6.07) is 0. The van der Waals surface area contributed by atoms with Crippen LogP contribution in [0.25, 0.3) is 0 Å². The Morgan fingerprint density at radius 1 is 1.00 bits per heavy atom. The number of rotatable bonds is 8. The van der Waals surface area contributed by atoms with Crippen LogP contribution in [0, 0.1) is 0 Å². The fraction of sp³-hybridized carbons (Fsp3) is 1.00. The Balaban J connectivity index is 0. The highest BCUT2D eigenvalue weighted by atomic mass is 79.9. The molecule has 0 aliphatic carbocycles. The van der Waals surface area contributed by atoms with Crippen molar-refractivity contribution in [1.82, 2.24) is 0 Å². The Morgan fingerprint density at radius 2 is 1.38 bits per heavy atom. The molecular weight excluding hydrogens is 274 g/mol. The van der Waals surface area contributed by atoms with Gasteiger partial charge >= 0.3 is 0 Å². The molecule has 16 heavy (non-hydrogen) atoms. The van der Waals surface area contributed by atoms with Crippen LogP contribution in [-0.4, -0.2) is 52.5 Å². The molecule has 2 atom stereocenters. The molecule has 0 aliphatic heterocycles. The Labute approximate surface area is 109 Å². The van der Waals surface area contributed by atoms with E-state index >= 15 is 0 Å². The zero-order chi connectivity index (χ0) is 11.9. The molecule has 0 aromatic heterocycles. The van der Waals surface area contributed by atoms with Gasteiger partial charge in [-0.25, -0.2) is 0 Å². The second-order valence-electron chi connectivity index (χ2n) is 4.33. The molecule has 0 amide bonds. The van der Waals surface area contributed by atoms with Gasteiger partial charge in [0.2, 0.25) is 0 Å². The fourth-order valence-electron chi connectivity index (χ4n) is 1.82. The predicted molar refractivity (Wildman–Crippen MR) is 60.0 cm³/mol. The summed E-state index contributed by atoms with van der Waals surface area (Å²) in [6.45, 7) is 4.37. The zero-order valence-electron chi connectivity index (χ0n) is 10.6. The third-order valence-electron chi connectivity index (χ3n) is 3.04. The Morgan fingerprint density at radius 3 is 1.62 bits per heavy atom.